The molecule has 5 atom stereocenters. The Hall–Kier alpha value is -3.41. The Kier molecular flexibility index (Phi) is 14.7. The maximum absolute atomic E-state index is 14.0. The van der Waals surface area contributed by atoms with Crippen molar-refractivity contribution < 1.29 is 28.8 Å². The van der Waals surface area contributed by atoms with Gasteiger partial charge in [0.1, 0.15) is 23.2 Å². The SMILES string of the molecule is CC.CC1CC(C(=O)NC(SC2CC2)C(=O)C(N)=O)N(C(=O)C(NC(=O)NC(CC(=O)Cc2ccccc2)C(C)C)C(C)(C)C)C1. The van der Waals surface area contributed by atoms with Crippen LogP contribution in [0.3, 0.4) is 0 Å². The second kappa shape index (κ2) is 17.5. The van der Waals surface area contributed by atoms with Crippen LogP contribution < -0.4 is 21.7 Å². The van der Waals surface area contributed by atoms with Crippen LogP contribution in [0.4, 0.5) is 4.79 Å². The number of thioether (sulfide) groups is 1. The van der Waals surface area contributed by atoms with Crippen molar-refractivity contribution in [3.05, 3.63) is 35.9 Å². The summed E-state index contributed by atoms with van der Waals surface area (Å²) in [6.45, 7) is 15.5. The predicted molar refractivity (Wildman–Crippen MR) is 181 cm³/mol. The molecule has 0 radical (unpaired) electrons. The van der Waals surface area contributed by atoms with E-state index < -0.39 is 58.5 Å². The summed E-state index contributed by atoms with van der Waals surface area (Å²) in [4.78, 5) is 79.0. The minimum absolute atomic E-state index is 0.00785. The highest BCUT2D eigenvalue weighted by Crippen LogP contribution is 2.37. The minimum atomic E-state index is -1.12. The number of primary amides is 1. The average Bonchev–Trinajstić information content (AvgIpc) is 3.72. The van der Waals surface area contributed by atoms with E-state index in [1.165, 1.54) is 16.7 Å². The summed E-state index contributed by atoms with van der Waals surface area (Å²) < 4.78 is 0. The first-order chi connectivity index (χ1) is 21.6. The molecule has 2 fully saturated rings. The van der Waals surface area contributed by atoms with Crippen LogP contribution >= 0.6 is 11.8 Å². The van der Waals surface area contributed by atoms with Gasteiger partial charge in [-0.05, 0) is 42.1 Å². The molecule has 1 saturated heterocycles. The number of carbonyl (C=O) groups is 6. The molecular weight excluding hydrogens is 606 g/mol. The Morgan fingerprint density at radius 1 is 0.978 bits per heavy atom. The predicted octanol–water partition coefficient (Wildman–Crippen LogP) is 3.58. The molecule has 1 aromatic carbocycles. The first-order valence-corrected chi connectivity index (χ1v) is 17.2. The number of nitrogens with one attached hydrogen (secondary N) is 3. The maximum Gasteiger partial charge on any atom is 0.315 e. The maximum atomic E-state index is 14.0. The highest BCUT2D eigenvalue weighted by molar-refractivity contribution is 8.01. The van der Waals surface area contributed by atoms with Gasteiger partial charge in [0.15, 0.2) is 0 Å². The number of benzene rings is 1. The zero-order valence-electron chi connectivity index (χ0n) is 28.6. The van der Waals surface area contributed by atoms with Gasteiger partial charge in [-0.3, -0.25) is 24.0 Å². The molecular formula is C34H53N5O6S. The number of urea groups is 1. The van der Waals surface area contributed by atoms with Crippen LogP contribution in [0.25, 0.3) is 0 Å². The Bertz CT molecular complexity index is 1230. The zero-order chi connectivity index (χ0) is 34.8. The van der Waals surface area contributed by atoms with Gasteiger partial charge >= 0.3 is 6.03 Å². The molecule has 1 saturated carbocycles. The number of hydrogen-bond acceptors (Lipinski definition) is 7. The van der Waals surface area contributed by atoms with Crippen LogP contribution in [0.5, 0.6) is 0 Å². The Morgan fingerprint density at radius 2 is 1.59 bits per heavy atom. The van der Waals surface area contributed by atoms with Gasteiger partial charge < -0.3 is 26.6 Å². The van der Waals surface area contributed by atoms with E-state index in [1.807, 2.05) is 85.7 Å². The molecule has 12 heteroatoms. The fourth-order valence-corrected chi connectivity index (χ4v) is 6.42. The molecule has 1 aromatic rings. The van der Waals surface area contributed by atoms with E-state index >= 15 is 0 Å². The van der Waals surface area contributed by atoms with Crippen molar-refractivity contribution in [1.82, 2.24) is 20.9 Å². The van der Waals surface area contributed by atoms with Crippen molar-refractivity contribution in [2.24, 2.45) is 23.0 Å². The van der Waals surface area contributed by atoms with Crippen molar-refractivity contribution in [3.63, 3.8) is 0 Å². The second-order valence-corrected chi connectivity index (χ2v) is 14.9. The number of likely N-dealkylation sites (tertiary alicyclic amines) is 1. The number of nitrogens with two attached hydrogens (primary N) is 1. The van der Waals surface area contributed by atoms with Gasteiger partial charge in [0.2, 0.25) is 11.8 Å². The highest BCUT2D eigenvalue weighted by atomic mass is 32.2. The van der Waals surface area contributed by atoms with Crippen molar-refractivity contribution in [1.29, 1.82) is 0 Å². The van der Waals surface area contributed by atoms with E-state index in [1.54, 1.807) is 0 Å². The molecule has 5 unspecified atom stereocenters. The van der Waals surface area contributed by atoms with Crippen LogP contribution in [0.15, 0.2) is 30.3 Å². The van der Waals surface area contributed by atoms with Gasteiger partial charge in [-0.15, -0.1) is 11.8 Å². The summed E-state index contributed by atoms with van der Waals surface area (Å²) in [6.07, 6.45) is 2.54. The molecule has 0 spiro atoms. The van der Waals surface area contributed by atoms with Gasteiger partial charge in [-0.2, -0.15) is 0 Å². The molecule has 0 aromatic heterocycles. The lowest BCUT2D eigenvalue weighted by Crippen LogP contribution is -2.60. The van der Waals surface area contributed by atoms with E-state index in [-0.39, 0.29) is 35.7 Å². The fourth-order valence-electron chi connectivity index (χ4n) is 5.20. The van der Waals surface area contributed by atoms with Gasteiger partial charge in [0.05, 0.1) is 0 Å². The standard InChI is InChI=1S/C32H47N5O6S.C2H6/c1-18(2)23(16-21(38)15-20-10-8-7-9-11-20)34-31(43)35-26(32(4,5)6)30(42)37-17-19(3)14-24(37)28(41)36-29(25(39)27(33)40)44-22-12-13-22;1-2/h7-11,18-19,22-24,26,29H,12-17H2,1-6H3,(H2,33,40)(H,36,41)(H2,34,35,43);1-2H3. The first-order valence-electron chi connectivity index (χ1n) is 16.3. The van der Waals surface area contributed by atoms with Crippen molar-refractivity contribution >= 4 is 47.1 Å². The topological polar surface area (TPSA) is 168 Å². The van der Waals surface area contributed by atoms with E-state index in [0.717, 1.165) is 18.4 Å². The van der Waals surface area contributed by atoms with Crippen LogP contribution in [0, 0.1) is 17.3 Å². The average molecular weight is 660 g/mol. The molecule has 5 N–H and O–H groups in total. The summed E-state index contributed by atoms with van der Waals surface area (Å²) in [6, 6.07) is 6.51. The third-order valence-electron chi connectivity index (χ3n) is 7.90. The summed E-state index contributed by atoms with van der Waals surface area (Å²) in [5.41, 5.74) is 5.41. The largest absolute Gasteiger partial charge is 0.363 e. The van der Waals surface area contributed by atoms with E-state index in [2.05, 4.69) is 16.0 Å². The number of ketones is 2. The number of rotatable bonds is 14. The molecule has 1 aliphatic carbocycles. The second-order valence-electron chi connectivity index (χ2n) is 13.5. The van der Waals surface area contributed by atoms with Gasteiger partial charge in [0.25, 0.3) is 11.7 Å². The molecule has 46 heavy (non-hydrogen) atoms. The lowest BCUT2D eigenvalue weighted by molar-refractivity contribution is -0.142. The smallest absolute Gasteiger partial charge is 0.315 e. The zero-order valence-corrected chi connectivity index (χ0v) is 29.4. The van der Waals surface area contributed by atoms with Crippen LogP contribution in [0.1, 0.15) is 86.6 Å². The summed E-state index contributed by atoms with van der Waals surface area (Å²) in [5, 5.41) is 7.43. The van der Waals surface area contributed by atoms with E-state index in [0.29, 0.717) is 13.0 Å². The van der Waals surface area contributed by atoms with Crippen LogP contribution in [-0.4, -0.2) is 75.5 Å². The Balaban J connectivity index is 0.00000361. The normalized spacial score (nSPS) is 19.6. The molecule has 1 aliphatic heterocycles. The molecule has 3 rings (SSSR count). The molecule has 0 bridgehead atoms. The number of Topliss-reactive ketones (excluding diaryl/α,β-unsaturated/α-hetero) is 2. The van der Waals surface area contributed by atoms with Gasteiger partial charge in [-0.1, -0.05) is 85.7 Å². The van der Waals surface area contributed by atoms with Crippen molar-refractivity contribution in [2.75, 3.05) is 6.54 Å². The minimum Gasteiger partial charge on any atom is -0.363 e. The summed E-state index contributed by atoms with van der Waals surface area (Å²) in [7, 11) is 0. The fraction of sp³-hybridized carbons (Fsp3) is 0.647. The van der Waals surface area contributed by atoms with Crippen molar-refractivity contribution in [3.8, 4) is 0 Å². The Morgan fingerprint density at radius 3 is 2.11 bits per heavy atom. The number of amides is 5. The van der Waals surface area contributed by atoms with Gasteiger partial charge in [-0.25, -0.2) is 4.79 Å². The summed E-state index contributed by atoms with van der Waals surface area (Å²) >= 11 is 1.20. The molecule has 5 amide bonds. The van der Waals surface area contributed by atoms with E-state index in [4.69, 9.17) is 5.73 Å². The van der Waals surface area contributed by atoms with Gasteiger partial charge in [0, 0.05) is 30.7 Å². The van der Waals surface area contributed by atoms with Crippen LogP contribution in [-0.2, 0) is 30.4 Å². The number of hydrogen-bond donors (Lipinski definition) is 4. The number of carbonyl (C=O) groups excluding carboxylic acids is 6. The van der Waals surface area contributed by atoms with Crippen LogP contribution in [0.2, 0.25) is 0 Å². The molecule has 256 valence electrons. The van der Waals surface area contributed by atoms with Crippen molar-refractivity contribution in [2.45, 2.75) is 116 Å². The monoisotopic (exact) mass is 659 g/mol. The molecule has 1 heterocycles. The first kappa shape index (κ1) is 38.8. The molecule has 2 aliphatic rings. The summed E-state index contributed by atoms with van der Waals surface area (Å²) in [5.74, 6) is -3.03. The van der Waals surface area contributed by atoms with E-state index in [9.17, 15) is 28.8 Å². The highest BCUT2D eigenvalue weighted by Gasteiger charge is 2.45. The molecule has 11 nitrogen and oxygen atoms in total. The lowest BCUT2D eigenvalue weighted by Gasteiger charge is -2.36. The number of nitrogens with zero attached hydrogens (tertiary/aromatic N) is 1. The Labute approximate surface area is 277 Å². The quantitative estimate of drug-likeness (QED) is 0.175. The third kappa shape index (κ3) is 11.7. The lowest BCUT2D eigenvalue weighted by atomic mass is 9.85. The third-order valence-corrected chi connectivity index (χ3v) is 9.36.